The number of rotatable bonds is 5. The Morgan fingerprint density at radius 1 is 1.47 bits per heavy atom. The van der Waals surface area contributed by atoms with E-state index in [0.29, 0.717) is 18.3 Å². The van der Waals surface area contributed by atoms with Crippen molar-refractivity contribution in [3.05, 3.63) is 23.1 Å². The second-order valence-electron chi connectivity index (χ2n) is 5.31. The highest BCUT2D eigenvalue weighted by Crippen LogP contribution is 2.19. The summed E-state index contributed by atoms with van der Waals surface area (Å²) in [5, 5.41) is 17.7. The molecule has 3 unspecified atom stereocenters. The van der Waals surface area contributed by atoms with Crippen LogP contribution >= 0.6 is 12.6 Å². The molecule has 19 heavy (non-hydrogen) atoms. The van der Waals surface area contributed by atoms with E-state index < -0.39 is 0 Å². The topological polar surface area (TPSA) is 66.5 Å². The van der Waals surface area contributed by atoms with E-state index in [4.69, 9.17) is 15.9 Å². The van der Waals surface area contributed by atoms with Gasteiger partial charge in [0.15, 0.2) is 0 Å². The normalized spacial score (nSPS) is 21.5. The number of allylic oxidation sites excluding steroid dienone is 2. The Kier molecular flexibility index (Phi) is 10.3. The van der Waals surface area contributed by atoms with Crippen molar-refractivity contribution in [2.75, 3.05) is 6.61 Å². The smallest absolute Gasteiger partial charge is 0.0769 e. The molecule has 1 rings (SSSR count). The molecule has 0 spiro atoms. The largest absolute Gasteiger partial charge is 0.396 e. The average Bonchev–Trinajstić information content (AvgIpc) is 2.35. The van der Waals surface area contributed by atoms with Gasteiger partial charge in [-0.15, -0.1) is 12.6 Å². The molecule has 0 aromatic rings. The Morgan fingerprint density at radius 3 is 2.42 bits per heavy atom. The van der Waals surface area contributed by atoms with Crippen molar-refractivity contribution < 1.29 is 10.2 Å². The Labute approximate surface area is 123 Å². The van der Waals surface area contributed by atoms with Gasteiger partial charge in [0.05, 0.1) is 6.10 Å². The monoisotopic (exact) mass is 287 g/mol. The molecule has 0 bridgehead atoms. The lowest BCUT2D eigenvalue weighted by Gasteiger charge is -2.25. The van der Waals surface area contributed by atoms with Gasteiger partial charge in [-0.3, -0.25) is 0 Å². The number of nitrogens with two attached hydrogens (primary N) is 1. The van der Waals surface area contributed by atoms with Crippen LogP contribution in [-0.4, -0.2) is 29.0 Å². The first-order chi connectivity index (χ1) is 8.92. The van der Waals surface area contributed by atoms with Gasteiger partial charge in [0, 0.05) is 19.1 Å². The fraction of sp³-hybridized carbons (Fsp3) is 0.733. The summed E-state index contributed by atoms with van der Waals surface area (Å²) in [6.07, 6.45) is 7.65. The highest BCUT2D eigenvalue weighted by molar-refractivity contribution is 7.84. The van der Waals surface area contributed by atoms with Crippen molar-refractivity contribution in [2.45, 2.75) is 52.2 Å². The fourth-order valence-corrected chi connectivity index (χ4v) is 2.41. The van der Waals surface area contributed by atoms with Crippen LogP contribution in [0.5, 0.6) is 0 Å². The van der Waals surface area contributed by atoms with Gasteiger partial charge in [0.25, 0.3) is 0 Å². The fourth-order valence-electron chi connectivity index (χ4n) is 2.14. The van der Waals surface area contributed by atoms with Crippen LogP contribution in [0, 0.1) is 11.8 Å². The summed E-state index contributed by atoms with van der Waals surface area (Å²) in [6, 6.07) is 0.252. The van der Waals surface area contributed by atoms with E-state index >= 15 is 0 Å². The number of hydrogen-bond acceptors (Lipinski definition) is 4. The molecule has 0 aliphatic heterocycles. The summed E-state index contributed by atoms with van der Waals surface area (Å²) in [5.74, 6) is 1.06. The summed E-state index contributed by atoms with van der Waals surface area (Å²) in [4.78, 5) is 0.944. The Morgan fingerprint density at radius 2 is 2.11 bits per heavy atom. The summed E-state index contributed by atoms with van der Waals surface area (Å²) in [7, 11) is 0. The van der Waals surface area contributed by atoms with Gasteiger partial charge < -0.3 is 15.9 Å². The van der Waals surface area contributed by atoms with Gasteiger partial charge >= 0.3 is 0 Å². The Hall–Kier alpha value is -0.290. The summed E-state index contributed by atoms with van der Waals surface area (Å²) >= 11 is 4.07. The molecule has 1 aliphatic rings. The van der Waals surface area contributed by atoms with Crippen LogP contribution in [0.4, 0.5) is 0 Å². The molecule has 0 aromatic heterocycles. The molecule has 0 radical (unpaired) electrons. The van der Waals surface area contributed by atoms with Crippen LogP contribution in [0.2, 0.25) is 0 Å². The molecule has 3 atom stereocenters. The van der Waals surface area contributed by atoms with Gasteiger partial charge in [0.1, 0.15) is 0 Å². The van der Waals surface area contributed by atoms with E-state index in [-0.39, 0.29) is 18.8 Å². The van der Waals surface area contributed by atoms with Gasteiger partial charge in [-0.1, -0.05) is 39.0 Å². The third kappa shape index (κ3) is 8.47. The minimum Gasteiger partial charge on any atom is -0.396 e. The second kappa shape index (κ2) is 10.5. The van der Waals surface area contributed by atoms with E-state index in [0.717, 1.165) is 17.7 Å². The Bertz CT molecular complexity index is 290. The second-order valence-corrected chi connectivity index (χ2v) is 5.88. The van der Waals surface area contributed by atoms with Crippen LogP contribution in [0.25, 0.3) is 0 Å². The van der Waals surface area contributed by atoms with Crippen molar-refractivity contribution in [3.63, 3.8) is 0 Å². The van der Waals surface area contributed by atoms with E-state index in [1.54, 1.807) is 6.08 Å². The van der Waals surface area contributed by atoms with Crippen LogP contribution < -0.4 is 5.73 Å². The third-order valence-corrected chi connectivity index (χ3v) is 3.71. The van der Waals surface area contributed by atoms with Crippen LogP contribution in [-0.2, 0) is 0 Å². The number of hydrogen-bond donors (Lipinski definition) is 4. The quantitative estimate of drug-likeness (QED) is 0.587. The lowest BCUT2D eigenvalue weighted by molar-refractivity contribution is 0.207. The lowest BCUT2D eigenvalue weighted by Crippen LogP contribution is -2.33. The van der Waals surface area contributed by atoms with Gasteiger partial charge in [-0.05, 0) is 29.6 Å². The molecule has 4 N–H and O–H groups in total. The average molecular weight is 287 g/mol. The SMILES string of the molecule is CCC(N)C(CCO)C(C)C.OC1C=CC=C(S)C1. The van der Waals surface area contributed by atoms with Crippen LogP contribution in [0.1, 0.15) is 40.0 Å². The van der Waals surface area contributed by atoms with Crippen molar-refractivity contribution >= 4 is 12.6 Å². The minimum absolute atomic E-state index is 0.252. The van der Waals surface area contributed by atoms with E-state index in [2.05, 4.69) is 33.4 Å². The molecule has 0 saturated carbocycles. The molecule has 0 amide bonds. The third-order valence-electron chi connectivity index (χ3n) is 3.38. The molecular formula is C15H29NO2S. The minimum atomic E-state index is -0.313. The standard InChI is InChI=1S/C9H21NO.C6H8OS/c1-4-9(10)8(5-6-11)7(2)3;7-5-2-1-3-6(8)4-5/h7-9,11H,4-6,10H2,1-3H3;1-3,5,7-8H,4H2. The van der Waals surface area contributed by atoms with Crippen molar-refractivity contribution in [3.8, 4) is 0 Å². The summed E-state index contributed by atoms with van der Waals surface area (Å²) in [6.45, 7) is 6.68. The molecule has 0 fully saturated rings. The van der Waals surface area contributed by atoms with Gasteiger partial charge in [-0.2, -0.15) is 0 Å². The summed E-state index contributed by atoms with van der Waals surface area (Å²) in [5.41, 5.74) is 5.89. The molecule has 0 heterocycles. The zero-order valence-electron chi connectivity index (χ0n) is 12.3. The van der Waals surface area contributed by atoms with Crippen molar-refractivity contribution in [2.24, 2.45) is 17.6 Å². The molecular weight excluding hydrogens is 258 g/mol. The number of thiol groups is 1. The molecule has 4 heteroatoms. The first kappa shape index (κ1) is 18.7. The highest BCUT2D eigenvalue weighted by Gasteiger charge is 2.18. The van der Waals surface area contributed by atoms with Crippen molar-refractivity contribution in [1.29, 1.82) is 0 Å². The van der Waals surface area contributed by atoms with Crippen molar-refractivity contribution in [1.82, 2.24) is 0 Å². The van der Waals surface area contributed by atoms with E-state index in [1.807, 2.05) is 12.2 Å². The zero-order valence-corrected chi connectivity index (χ0v) is 13.2. The first-order valence-electron chi connectivity index (χ1n) is 7.03. The Balaban J connectivity index is 0.000000356. The maximum absolute atomic E-state index is 8.90. The van der Waals surface area contributed by atoms with Gasteiger partial charge in [0.2, 0.25) is 0 Å². The van der Waals surface area contributed by atoms with E-state index in [9.17, 15) is 0 Å². The van der Waals surface area contributed by atoms with Crippen LogP contribution in [0.3, 0.4) is 0 Å². The molecule has 1 aliphatic carbocycles. The number of aliphatic hydroxyl groups is 2. The maximum Gasteiger partial charge on any atom is 0.0769 e. The summed E-state index contributed by atoms with van der Waals surface area (Å²) < 4.78 is 0. The maximum atomic E-state index is 8.90. The highest BCUT2D eigenvalue weighted by atomic mass is 32.1. The van der Waals surface area contributed by atoms with Crippen LogP contribution in [0.15, 0.2) is 23.1 Å². The predicted molar refractivity (Wildman–Crippen MR) is 85.1 cm³/mol. The van der Waals surface area contributed by atoms with E-state index in [1.165, 1.54) is 0 Å². The molecule has 0 saturated heterocycles. The molecule has 112 valence electrons. The molecule has 3 nitrogen and oxygen atoms in total. The predicted octanol–water partition coefficient (Wildman–Crippen LogP) is 2.50. The number of aliphatic hydroxyl groups excluding tert-OH is 2. The van der Waals surface area contributed by atoms with Gasteiger partial charge in [-0.25, -0.2) is 0 Å². The zero-order chi connectivity index (χ0) is 14.8. The molecule has 0 aromatic carbocycles. The lowest BCUT2D eigenvalue weighted by atomic mass is 9.85. The first-order valence-corrected chi connectivity index (χ1v) is 7.47.